The summed E-state index contributed by atoms with van der Waals surface area (Å²) in [6.45, 7) is 3.55. The zero-order valence-electron chi connectivity index (χ0n) is 29.1. The summed E-state index contributed by atoms with van der Waals surface area (Å²) in [5, 5.41) is 53.4. The van der Waals surface area contributed by atoms with Gasteiger partial charge < -0.3 is 40.3 Å². The van der Waals surface area contributed by atoms with Crippen LogP contribution in [0.1, 0.15) is 149 Å². The molecule has 0 aliphatic carbocycles. The summed E-state index contributed by atoms with van der Waals surface area (Å²) in [6, 6.07) is -0.811. The SMILES string of the molecule is CCCCCCCCCCCCCCCC/C=C/CC/C=C/C(O)C(COC1OC(CO)C(O)C(O)C1O)NC(=O)CCCCC. The molecule has 0 spiro atoms. The molecule has 7 unspecified atom stereocenters. The summed E-state index contributed by atoms with van der Waals surface area (Å²) in [4.78, 5) is 12.5. The molecule has 7 atom stereocenters. The van der Waals surface area contributed by atoms with Crippen molar-refractivity contribution in [2.24, 2.45) is 0 Å². The summed E-state index contributed by atoms with van der Waals surface area (Å²) in [6.07, 6.45) is 24.6. The van der Waals surface area contributed by atoms with Crippen molar-refractivity contribution in [1.29, 1.82) is 0 Å². The number of carbonyl (C=O) groups excluding carboxylic acids is 1. The molecule has 1 saturated heterocycles. The molecule has 0 radical (unpaired) electrons. The van der Waals surface area contributed by atoms with Gasteiger partial charge >= 0.3 is 0 Å². The molecule has 1 fully saturated rings. The number of hydrogen-bond donors (Lipinski definition) is 6. The summed E-state index contributed by atoms with van der Waals surface area (Å²) in [5.41, 5.74) is 0. The number of nitrogens with one attached hydrogen (secondary N) is 1. The first-order valence-corrected chi connectivity index (χ1v) is 18.6. The maximum absolute atomic E-state index is 12.5. The third kappa shape index (κ3) is 20.1. The van der Waals surface area contributed by atoms with Gasteiger partial charge in [-0.3, -0.25) is 4.79 Å². The number of aliphatic hydroxyl groups is 5. The average Bonchev–Trinajstić information content (AvgIpc) is 3.05. The van der Waals surface area contributed by atoms with Gasteiger partial charge in [-0.25, -0.2) is 0 Å². The van der Waals surface area contributed by atoms with Gasteiger partial charge in [0.25, 0.3) is 0 Å². The van der Waals surface area contributed by atoms with Crippen molar-refractivity contribution in [2.75, 3.05) is 13.2 Å². The van der Waals surface area contributed by atoms with Crippen LogP contribution in [0.3, 0.4) is 0 Å². The summed E-state index contributed by atoms with van der Waals surface area (Å²) in [7, 11) is 0. The first-order chi connectivity index (χ1) is 22.3. The predicted molar refractivity (Wildman–Crippen MR) is 184 cm³/mol. The van der Waals surface area contributed by atoms with E-state index in [2.05, 4.69) is 31.3 Å². The zero-order chi connectivity index (χ0) is 33.8. The Morgan fingerprint density at radius 1 is 0.717 bits per heavy atom. The van der Waals surface area contributed by atoms with E-state index in [1.54, 1.807) is 6.08 Å². The normalized spacial score (nSPS) is 23.3. The van der Waals surface area contributed by atoms with Crippen molar-refractivity contribution in [3.8, 4) is 0 Å². The van der Waals surface area contributed by atoms with Crippen LogP contribution in [0.25, 0.3) is 0 Å². The van der Waals surface area contributed by atoms with Gasteiger partial charge in [-0.15, -0.1) is 0 Å². The Morgan fingerprint density at radius 3 is 1.83 bits per heavy atom. The number of amides is 1. The number of allylic oxidation sites excluding steroid dienone is 3. The van der Waals surface area contributed by atoms with E-state index < -0.39 is 49.5 Å². The Morgan fingerprint density at radius 2 is 1.24 bits per heavy atom. The van der Waals surface area contributed by atoms with Gasteiger partial charge in [0.2, 0.25) is 5.91 Å². The number of aliphatic hydroxyl groups excluding tert-OH is 5. The highest BCUT2D eigenvalue weighted by Gasteiger charge is 2.44. The summed E-state index contributed by atoms with van der Waals surface area (Å²) < 4.78 is 11.0. The van der Waals surface area contributed by atoms with Crippen molar-refractivity contribution >= 4 is 5.91 Å². The predicted octanol–water partition coefficient (Wildman–Crippen LogP) is 5.99. The largest absolute Gasteiger partial charge is 0.394 e. The Hall–Kier alpha value is -1.33. The molecular weight excluding hydrogens is 586 g/mol. The Kier molecular flexibility index (Phi) is 26.6. The standard InChI is InChI=1S/C37H69NO8/c1-3-5-7-8-9-10-11-12-13-14-15-16-17-18-19-20-21-22-23-25-26-31(40)30(38-33(41)27-24-6-4-2)29-45-37-36(44)35(43)34(42)32(28-39)46-37/h20-21,25-26,30-32,34-37,39-40,42-44H,3-19,22-24,27-29H2,1-2H3,(H,38,41)/b21-20+,26-25+. The third-order valence-electron chi connectivity index (χ3n) is 8.78. The fourth-order valence-corrected chi connectivity index (χ4v) is 5.70. The van der Waals surface area contributed by atoms with Crippen LogP contribution in [-0.2, 0) is 14.3 Å². The molecule has 0 aromatic carbocycles. The van der Waals surface area contributed by atoms with Crippen LogP contribution in [0.15, 0.2) is 24.3 Å². The van der Waals surface area contributed by atoms with Gasteiger partial charge in [0.15, 0.2) is 6.29 Å². The number of carbonyl (C=O) groups is 1. The van der Waals surface area contributed by atoms with E-state index in [1.807, 2.05) is 6.08 Å². The number of rotatable bonds is 29. The van der Waals surface area contributed by atoms with Crippen LogP contribution in [0.5, 0.6) is 0 Å². The lowest BCUT2D eigenvalue weighted by molar-refractivity contribution is -0.302. The molecule has 0 aromatic rings. The molecule has 0 bridgehead atoms. The van der Waals surface area contributed by atoms with Crippen LogP contribution >= 0.6 is 0 Å². The highest BCUT2D eigenvalue weighted by Crippen LogP contribution is 2.22. The molecule has 270 valence electrons. The molecule has 0 aromatic heterocycles. The summed E-state index contributed by atoms with van der Waals surface area (Å²) >= 11 is 0. The van der Waals surface area contributed by atoms with Gasteiger partial charge in [0.05, 0.1) is 25.4 Å². The molecule has 46 heavy (non-hydrogen) atoms. The smallest absolute Gasteiger partial charge is 0.220 e. The number of hydrogen-bond acceptors (Lipinski definition) is 8. The first kappa shape index (κ1) is 42.7. The minimum atomic E-state index is -1.56. The lowest BCUT2D eigenvalue weighted by atomic mass is 9.99. The number of ether oxygens (including phenoxy) is 2. The van der Waals surface area contributed by atoms with E-state index in [1.165, 1.54) is 89.9 Å². The van der Waals surface area contributed by atoms with Crippen molar-refractivity contribution in [2.45, 2.75) is 192 Å². The van der Waals surface area contributed by atoms with Crippen LogP contribution in [0.4, 0.5) is 0 Å². The molecule has 9 nitrogen and oxygen atoms in total. The zero-order valence-corrected chi connectivity index (χ0v) is 29.1. The first-order valence-electron chi connectivity index (χ1n) is 18.6. The van der Waals surface area contributed by atoms with Crippen molar-refractivity contribution in [1.82, 2.24) is 5.32 Å². The second-order valence-corrected chi connectivity index (χ2v) is 13.0. The second kappa shape index (κ2) is 28.7. The molecule has 1 heterocycles. The molecule has 0 saturated carbocycles. The average molecular weight is 656 g/mol. The minimum Gasteiger partial charge on any atom is -0.394 e. The van der Waals surface area contributed by atoms with Gasteiger partial charge in [0, 0.05) is 6.42 Å². The maximum Gasteiger partial charge on any atom is 0.220 e. The fourth-order valence-electron chi connectivity index (χ4n) is 5.70. The molecular formula is C37H69NO8. The van der Waals surface area contributed by atoms with Crippen LogP contribution in [0, 0.1) is 0 Å². The van der Waals surface area contributed by atoms with Crippen LogP contribution in [0.2, 0.25) is 0 Å². The second-order valence-electron chi connectivity index (χ2n) is 13.0. The minimum absolute atomic E-state index is 0.202. The van der Waals surface area contributed by atoms with Crippen molar-refractivity contribution < 1.29 is 39.8 Å². The van der Waals surface area contributed by atoms with E-state index >= 15 is 0 Å². The molecule has 1 aliphatic rings. The quantitative estimate of drug-likeness (QED) is 0.0425. The fraction of sp³-hybridized carbons (Fsp3) is 0.865. The molecule has 6 N–H and O–H groups in total. The van der Waals surface area contributed by atoms with E-state index in [0.717, 1.165) is 38.5 Å². The monoisotopic (exact) mass is 656 g/mol. The maximum atomic E-state index is 12.5. The van der Waals surface area contributed by atoms with E-state index in [-0.39, 0.29) is 12.5 Å². The lowest BCUT2D eigenvalue weighted by Crippen LogP contribution is -2.60. The molecule has 1 aliphatic heterocycles. The lowest BCUT2D eigenvalue weighted by Gasteiger charge is -2.40. The van der Waals surface area contributed by atoms with E-state index in [4.69, 9.17) is 9.47 Å². The van der Waals surface area contributed by atoms with Gasteiger partial charge in [-0.05, 0) is 32.1 Å². The molecule has 9 heteroatoms. The molecule has 1 amide bonds. The highest BCUT2D eigenvalue weighted by atomic mass is 16.7. The Bertz CT molecular complexity index is 776. The molecule has 1 rings (SSSR count). The Labute approximate surface area is 279 Å². The van der Waals surface area contributed by atoms with Gasteiger partial charge in [-0.2, -0.15) is 0 Å². The van der Waals surface area contributed by atoms with E-state index in [9.17, 15) is 30.3 Å². The van der Waals surface area contributed by atoms with Crippen molar-refractivity contribution in [3.63, 3.8) is 0 Å². The topological polar surface area (TPSA) is 149 Å². The highest BCUT2D eigenvalue weighted by molar-refractivity contribution is 5.76. The van der Waals surface area contributed by atoms with E-state index in [0.29, 0.717) is 6.42 Å². The van der Waals surface area contributed by atoms with Gasteiger partial charge in [-0.1, -0.05) is 134 Å². The Balaban J connectivity index is 2.30. The van der Waals surface area contributed by atoms with Crippen molar-refractivity contribution in [3.05, 3.63) is 24.3 Å². The third-order valence-corrected chi connectivity index (χ3v) is 8.78. The number of unbranched alkanes of at least 4 members (excludes halogenated alkanes) is 17. The van der Waals surface area contributed by atoms with Crippen LogP contribution in [-0.4, -0.2) is 87.5 Å². The summed E-state index contributed by atoms with van der Waals surface area (Å²) in [5.74, 6) is -0.213. The van der Waals surface area contributed by atoms with Gasteiger partial charge in [0.1, 0.15) is 24.4 Å². The van der Waals surface area contributed by atoms with Crippen LogP contribution < -0.4 is 5.32 Å².